The fourth-order valence-electron chi connectivity index (χ4n) is 3.49. The van der Waals surface area contributed by atoms with Gasteiger partial charge in [0.05, 0.1) is 6.10 Å². The number of hydrogen-bond acceptors (Lipinski definition) is 4. The highest BCUT2D eigenvalue weighted by Gasteiger charge is 2.21. The Hall–Kier alpha value is -1.92. The number of carbonyl (C=O) groups excluding carboxylic acids is 2. The van der Waals surface area contributed by atoms with Gasteiger partial charge in [0, 0.05) is 57.9 Å². The van der Waals surface area contributed by atoms with Crippen LogP contribution in [0.25, 0.3) is 0 Å². The molecule has 0 radical (unpaired) electrons. The van der Waals surface area contributed by atoms with Crippen LogP contribution in [-0.4, -0.2) is 73.6 Å². The van der Waals surface area contributed by atoms with E-state index < -0.39 is 0 Å². The average Bonchev–Trinajstić information content (AvgIpc) is 2.72. The molecule has 30 heavy (non-hydrogen) atoms. The van der Waals surface area contributed by atoms with Crippen molar-refractivity contribution in [2.45, 2.75) is 59.0 Å². The van der Waals surface area contributed by atoms with E-state index in [1.54, 1.807) is 4.90 Å². The molecule has 6 heteroatoms. The summed E-state index contributed by atoms with van der Waals surface area (Å²) in [6.07, 6.45) is 1.29. The van der Waals surface area contributed by atoms with Gasteiger partial charge in [-0.3, -0.25) is 9.59 Å². The molecule has 0 aliphatic carbocycles. The maximum Gasteiger partial charge on any atom is 0.253 e. The number of piperazine rings is 1. The summed E-state index contributed by atoms with van der Waals surface area (Å²) in [6.45, 7) is 15.3. The number of ether oxygens (including phenoxy) is 1. The molecule has 0 spiro atoms. The van der Waals surface area contributed by atoms with Crippen molar-refractivity contribution < 1.29 is 14.3 Å². The fraction of sp³-hybridized carbons (Fsp3) is 0.667. The second-order valence-corrected chi connectivity index (χ2v) is 9.27. The van der Waals surface area contributed by atoms with Crippen molar-refractivity contribution in [2.24, 2.45) is 0 Å². The number of nitrogens with one attached hydrogen (secondary N) is 1. The minimum Gasteiger partial charge on any atom is -0.379 e. The minimum absolute atomic E-state index is 0.0203. The molecule has 1 aliphatic rings. The van der Waals surface area contributed by atoms with Crippen LogP contribution >= 0.6 is 0 Å². The van der Waals surface area contributed by atoms with Crippen molar-refractivity contribution in [3.05, 3.63) is 35.4 Å². The Balaban J connectivity index is 2.01. The van der Waals surface area contributed by atoms with E-state index in [1.807, 2.05) is 43.0 Å². The number of rotatable bonds is 9. The summed E-state index contributed by atoms with van der Waals surface area (Å²) < 4.78 is 5.63. The maximum atomic E-state index is 13.2. The van der Waals surface area contributed by atoms with Crippen molar-refractivity contribution in [3.8, 4) is 0 Å². The standard InChI is InChI=1S/C24H39N3O3/c1-19(2)30-18-6-14-27(15-11-22(28)26-16-12-25-13-17-26)23(29)20-7-9-21(10-8-20)24(3,4)5/h7-10,19,25H,6,11-18H2,1-5H3. The van der Waals surface area contributed by atoms with Gasteiger partial charge in [-0.1, -0.05) is 32.9 Å². The first-order valence-electron chi connectivity index (χ1n) is 11.2. The van der Waals surface area contributed by atoms with Crippen LogP contribution in [0.4, 0.5) is 0 Å². The Morgan fingerprint density at radius 3 is 2.30 bits per heavy atom. The molecule has 1 fully saturated rings. The molecule has 2 rings (SSSR count). The normalized spacial score (nSPS) is 14.8. The van der Waals surface area contributed by atoms with Crippen LogP contribution in [0.1, 0.15) is 63.4 Å². The summed E-state index contributed by atoms with van der Waals surface area (Å²) in [4.78, 5) is 29.4. The molecule has 0 atom stereocenters. The lowest BCUT2D eigenvalue weighted by atomic mass is 9.86. The van der Waals surface area contributed by atoms with Gasteiger partial charge in [-0.15, -0.1) is 0 Å². The largest absolute Gasteiger partial charge is 0.379 e. The first-order chi connectivity index (χ1) is 14.2. The van der Waals surface area contributed by atoms with E-state index in [4.69, 9.17) is 4.74 Å². The monoisotopic (exact) mass is 417 g/mol. The Morgan fingerprint density at radius 2 is 1.73 bits per heavy atom. The second-order valence-electron chi connectivity index (χ2n) is 9.27. The van der Waals surface area contributed by atoms with Gasteiger partial charge in [0.15, 0.2) is 0 Å². The van der Waals surface area contributed by atoms with Crippen molar-refractivity contribution >= 4 is 11.8 Å². The molecule has 1 heterocycles. The number of hydrogen-bond donors (Lipinski definition) is 1. The predicted molar refractivity (Wildman–Crippen MR) is 121 cm³/mol. The zero-order valence-corrected chi connectivity index (χ0v) is 19.4. The van der Waals surface area contributed by atoms with Crippen LogP contribution in [0.15, 0.2) is 24.3 Å². The van der Waals surface area contributed by atoms with Crippen LogP contribution in [0.3, 0.4) is 0 Å². The van der Waals surface area contributed by atoms with Gasteiger partial charge in [-0.25, -0.2) is 0 Å². The number of carbonyl (C=O) groups is 2. The van der Waals surface area contributed by atoms with E-state index in [0.29, 0.717) is 31.7 Å². The molecule has 0 bridgehead atoms. The molecule has 0 unspecified atom stereocenters. The van der Waals surface area contributed by atoms with Crippen LogP contribution in [-0.2, 0) is 14.9 Å². The lowest BCUT2D eigenvalue weighted by Gasteiger charge is -2.29. The Morgan fingerprint density at radius 1 is 1.10 bits per heavy atom. The summed E-state index contributed by atoms with van der Waals surface area (Å²) in [7, 11) is 0. The highest BCUT2D eigenvalue weighted by molar-refractivity contribution is 5.94. The number of benzene rings is 1. The molecule has 0 saturated carbocycles. The van der Waals surface area contributed by atoms with E-state index >= 15 is 0 Å². The third kappa shape index (κ3) is 7.73. The SMILES string of the molecule is CC(C)OCCCN(CCC(=O)N1CCNCC1)C(=O)c1ccc(C(C)(C)C)cc1. The molecule has 1 N–H and O–H groups in total. The van der Waals surface area contributed by atoms with Gasteiger partial charge in [0.1, 0.15) is 0 Å². The third-order valence-corrected chi connectivity index (χ3v) is 5.37. The van der Waals surface area contributed by atoms with Gasteiger partial charge >= 0.3 is 0 Å². The molecule has 2 amide bonds. The summed E-state index contributed by atoms with van der Waals surface area (Å²) >= 11 is 0. The van der Waals surface area contributed by atoms with Crippen molar-refractivity contribution in [3.63, 3.8) is 0 Å². The van der Waals surface area contributed by atoms with E-state index in [9.17, 15) is 9.59 Å². The molecule has 6 nitrogen and oxygen atoms in total. The van der Waals surface area contributed by atoms with Gasteiger partial charge in [0.2, 0.25) is 5.91 Å². The lowest BCUT2D eigenvalue weighted by Crippen LogP contribution is -2.47. The maximum absolute atomic E-state index is 13.2. The third-order valence-electron chi connectivity index (χ3n) is 5.37. The van der Waals surface area contributed by atoms with Crippen molar-refractivity contribution in [2.75, 3.05) is 45.9 Å². The highest BCUT2D eigenvalue weighted by Crippen LogP contribution is 2.22. The van der Waals surface area contributed by atoms with Crippen LogP contribution in [0.2, 0.25) is 0 Å². The van der Waals surface area contributed by atoms with Gasteiger partial charge in [-0.05, 0) is 43.4 Å². The topological polar surface area (TPSA) is 61.9 Å². The Kier molecular flexibility index (Phi) is 9.31. The van der Waals surface area contributed by atoms with Crippen molar-refractivity contribution in [1.29, 1.82) is 0 Å². The number of nitrogens with zero attached hydrogens (tertiary/aromatic N) is 2. The molecule has 1 aromatic carbocycles. The van der Waals surface area contributed by atoms with Crippen molar-refractivity contribution in [1.82, 2.24) is 15.1 Å². The molecule has 0 aromatic heterocycles. The lowest BCUT2D eigenvalue weighted by molar-refractivity contribution is -0.131. The summed E-state index contributed by atoms with van der Waals surface area (Å²) in [5.41, 5.74) is 1.91. The van der Waals surface area contributed by atoms with Gasteiger partial charge in [0.25, 0.3) is 5.91 Å². The van der Waals surface area contributed by atoms with Gasteiger partial charge < -0.3 is 19.9 Å². The Bertz CT molecular complexity index is 674. The smallest absolute Gasteiger partial charge is 0.253 e. The highest BCUT2D eigenvalue weighted by atomic mass is 16.5. The molecular weight excluding hydrogens is 378 g/mol. The minimum atomic E-state index is -0.0203. The zero-order valence-electron chi connectivity index (χ0n) is 19.4. The van der Waals surface area contributed by atoms with E-state index in [2.05, 4.69) is 26.1 Å². The van der Waals surface area contributed by atoms with Crippen LogP contribution in [0.5, 0.6) is 0 Å². The number of amides is 2. The van der Waals surface area contributed by atoms with Crippen LogP contribution in [0, 0.1) is 0 Å². The molecule has 1 saturated heterocycles. The van der Waals surface area contributed by atoms with Gasteiger partial charge in [-0.2, -0.15) is 0 Å². The van der Waals surface area contributed by atoms with E-state index in [1.165, 1.54) is 5.56 Å². The van der Waals surface area contributed by atoms with E-state index in [-0.39, 0.29) is 23.3 Å². The molecule has 1 aromatic rings. The summed E-state index contributed by atoms with van der Waals surface area (Å²) in [5, 5.41) is 3.26. The quantitative estimate of drug-likeness (QED) is 0.628. The zero-order chi connectivity index (χ0) is 22.1. The molecule has 1 aliphatic heterocycles. The first kappa shape index (κ1) is 24.4. The van der Waals surface area contributed by atoms with E-state index in [0.717, 1.165) is 32.6 Å². The predicted octanol–water partition coefficient (Wildman–Crippen LogP) is 3.06. The second kappa shape index (κ2) is 11.5. The average molecular weight is 418 g/mol. The molecular formula is C24H39N3O3. The first-order valence-corrected chi connectivity index (χ1v) is 11.2. The van der Waals surface area contributed by atoms with Crippen LogP contribution < -0.4 is 5.32 Å². The fourth-order valence-corrected chi connectivity index (χ4v) is 3.49. The Labute approximate surface area is 182 Å². The summed E-state index contributed by atoms with van der Waals surface area (Å²) in [5.74, 6) is 0.101. The summed E-state index contributed by atoms with van der Waals surface area (Å²) in [6, 6.07) is 7.86. The molecule has 168 valence electrons.